The molecule has 3 aliphatic heterocycles. The Bertz CT molecular complexity index is 868. The summed E-state index contributed by atoms with van der Waals surface area (Å²) in [5.41, 5.74) is 1.52. The normalized spacial score (nSPS) is 26.2. The number of rotatable bonds is 2. The topological polar surface area (TPSA) is 81.7 Å². The van der Waals surface area contributed by atoms with Crippen LogP contribution < -0.4 is 0 Å². The van der Waals surface area contributed by atoms with E-state index in [9.17, 15) is 9.90 Å². The van der Waals surface area contributed by atoms with E-state index >= 15 is 0 Å². The van der Waals surface area contributed by atoms with Crippen molar-refractivity contribution in [3.05, 3.63) is 30.0 Å². The van der Waals surface area contributed by atoms with Gasteiger partial charge in [0.25, 0.3) is 5.91 Å². The molecule has 3 fully saturated rings. The van der Waals surface area contributed by atoms with E-state index in [1.165, 1.54) is 0 Å². The van der Waals surface area contributed by atoms with Gasteiger partial charge in [-0.05, 0) is 43.6 Å². The summed E-state index contributed by atoms with van der Waals surface area (Å²) in [7, 11) is 0. The van der Waals surface area contributed by atoms with Crippen LogP contribution in [0.15, 0.2) is 24.3 Å². The Hall–Kier alpha value is -1.96. The third-order valence-electron chi connectivity index (χ3n) is 7.14. The van der Waals surface area contributed by atoms with Crippen LogP contribution in [0.2, 0.25) is 0 Å². The number of piperidine rings is 2. The highest BCUT2D eigenvalue weighted by Gasteiger charge is 2.44. The van der Waals surface area contributed by atoms with Crippen molar-refractivity contribution in [2.75, 3.05) is 39.4 Å². The highest BCUT2D eigenvalue weighted by atomic mass is 16.5. The van der Waals surface area contributed by atoms with Gasteiger partial charge in [-0.25, -0.2) is 0 Å². The smallest absolute Gasteiger partial charge is 0.274 e. The van der Waals surface area contributed by atoms with Gasteiger partial charge in [0.05, 0.1) is 11.6 Å². The molecule has 1 atom stereocenters. The molecule has 2 aromatic rings. The summed E-state index contributed by atoms with van der Waals surface area (Å²) in [5, 5.41) is 18.7. The molecule has 1 amide bonds. The van der Waals surface area contributed by atoms with Gasteiger partial charge >= 0.3 is 0 Å². The van der Waals surface area contributed by atoms with Gasteiger partial charge in [0.1, 0.15) is 0 Å². The van der Waals surface area contributed by atoms with E-state index in [-0.39, 0.29) is 17.4 Å². The van der Waals surface area contributed by atoms with Crippen molar-refractivity contribution in [3.63, 3.8) is 0 Å². The molecule has 156 valence electrons. The van der Waals surface area contributed by atoms with Crippen LogP contribution in [0.1, 0.15) is 42.6 Å². The lowest BCUT2D eigenvalue weighted by molar-refractivity contribution is -0.0695. The molecule has 3 saturated heterocycles. The molecule has 4 heterocycles. The van der Waals surface area contributed by atoms with Crippen molar-refractivity contribution < 1.29 is 14.6 Å². The van der Waals surface area contributed by atoms with Crippen LogP contribution in [-0.4, -0.2) is 82.5 Å². The highest BCUT2D eigenvalue weighted by Crippen LogP contribution is 2.41. The summed E-state index contributed by atoms with van der Waals surface area (Å²) in [4.78, 5) is 17.5. The molecule has 7 nitrogen and oxygen atoms in total. The van der Waals surface area contributed by atoms with Crippen LogP contribution >= 0.6 is 0 Å². The second kappa shape index (κ2) is 7.70. The van der Waals surface area contributed by atoms with Crippen molar-refractivity contribution in [1.82, 2.24) is 20.0 Å². The molecule has 0 saturated carbocycles. The van der Waals surface area contributed by atoms with Crippen molar-refractivity contribution >= 4 is 16.8 Å². The Labute approximate surface area is 171 Å². The first-order valence-corrected chi connectivity index (χ1v) is 10.9. The maximum atomic E-state index is 13.1. The minimum atomic E-state index is -0.274. The first-order valence-electron chi connectivity index (χ1n) is 10.9. The van der Waals surface area contributed by atoms with Gasteiger partial charge < -0.3 is 14.7 Å². The zero-order valence-electron chi connectivity index (χ0n) is 16.8. The Kier molecular flexibility index (Phi) is 5.05. The number of aliphatic hydroxyl groups is 1. The van der Waals surface area contributed by atoms with E-state index in [2.05, 4.69) is 15.1 Å². The first-order chi connectivity index (χ1) is 14.1. The molecule has 0 aliphatic carbocycles. The number of H-pyrrole nitrogens is 1. The van der Waals surface area contributed by atoms with E-state index in [1.807, 2.05) is 29.2 Å². The molecule has 1 spiro atoms. The zero-order chi connectivity index (χ0) is 19.8. The highest BCUT2D eigenvalue weighted by molar-refractivity contribution is 6.04. The number of amides is 1. The van der Waals surface area contributed by atoms with Crippen LogP contribution in [0, 0.1) is 5.41 Å². The Morgan fingerprint density at radius 3 is 2.76 bits per heavy atom. The number of aliphatic hydroxyl groups excluding tert-OH is 1. The summed E-state index contributed by atoms with van der Waals surface area (Å²) in [6.45, 7) is 4.91. The lowest BCUT2D eigenvalue weighted by Gasteiger charge is -2.51. The first kappa shape index (κ1) is 19.0. The maximum Gasteiger partial charge on any atom is 0.274 e. The Morgan fingerprint density at radius 1 is 1.21 bits per heavy atom. The average Bonchev–Trinajstić information content (AvgIpc) is 3.18. The minimum Gasteiger partial charge on any atom is -0.392 e. The molecular weight excluding hydrogens is 368 g/mol. The number of hydrogen-bond acceptors (Lipinski definition) is 5. The number of fused-ring (bicyclic) bond motifs is 1. The number of aromatic amines is 1. The van der Waals surface area contributed by atoms with Crippen molar-refractivity contribution in [3.8, 4) is 0 Å². The van der Waals surface area contributed by atoms with Crippen molar-refractivity contribution in [2.24, 2.45) is 5.41 Å². The molecule has 29 heavy (non-hydrogen) atoms. The third-order valence-corrected chi connectivity index (χ3v) is 7.14. The summed E-state index contributed by atoms with van der Waals surface area (Å²) in [5.74, 6) is 0.00921. The Morgan fingerprint density at radius 2 is 1.97 bits per heavy atom. The average molecular weight is 399 g/mol. The number of β-amino-alcohol motifs (C(OH)–C–C–N with tert-alkyl or cyclic N) is 1. The fraction of sp³-hybridized carbons (Fsp3) is 0.636. The summed E-state index contributed by atoms with van der Waals surface area (Å²) in [6.07, 6.45) is 4.57. The lowest BCUT2D eigenvalue weighted by atomic mass is 9.71. The van der Waals surface area contributed by atoms with Crippen molar-refractivity contribution in [2.45, 2.75) is 44.2 Å². The van der Waals surface area contributed by atoms with Gasteiger partial charge in [0.2, 0.25) is 0 Å². The van der Waals surface area contributed by atoms with Gasteiger partial charge in [-0.3, -0.25) is 14.8 Å². The number of benzene rings is 1. The largest absolute Gasteiger partial charge is 0.392 e. The number of carbonyl (C=O) groups excluding carboxylic acids is 1. The summed E-state index contributed by atoms with van der Waals surface area (Å²) >= 11 is 0. The van der Waals surface area contributed by atoms with Crippen LogP contribution in [0.5, 0.6) is 0 Å². The molecule has 0 radical (unpaired) electrons. The number of ether oxygens (including phenoxy) is 1. The number of hydrogen-bond donors (Lipinski definition) is 2. The fourth-order valence-electron chi connectivity index (χ4n) is 5.55. The number of likely N-dealkylation sites (tertiary alicyclic amines) is 2. The fourth-order valence-corrected chi connectivity index (χ4v) is 5.55. The number of aromatic nitrogens is 2. The van der Waals surface area contributed by atoms with Gasteiger partial charge in [-0.2, -0.15) is 5.10 Å². The molecule has 3 aliphatic rings. The standard InChI is InChI=1S/C22H30N4O3/c27-17-13-22(15-26(14-17)16-5-11-29-12-6-16)7-9-25(10-8-22)21(28)20-18-3-1-2-4-19(18)23-24-20/h1-4,16-17,27H,5-15H2,(H,23,24). The van der Waals surface area contributed by atoms with Crippen LogP contribution in [-0.2, 0) is 4.74 Å². The number of nitrogens with one attached hydrogen (secondary N) is 1. The SMILES string of the molecule is O=C(c1n[nH]c2ccccc12)N1CCC2(CC1)CC(O)CN(C1CCOCC1)C2. The second-order valence-corrected chi connectivity index (χ2v) is 9.04. The summed E-state index contributed by atoms with van der Waals surface area (Å²) in [6, 6.07) is 8.29. The third kappa shape index (κ3) is 3.67. The van der Waals surface area contributed by atoms with Crippen LogP contribution in [0.4, 0.5) is 0 Å². The molecular formula is C22H30N4O3. The molecule has 1 aromatic carbocycles. The zero-order valence-corrected chi connectivity index (χ0v) is 16.8. The quantitative estimate of drug-likeness (QED) is 0.809. The van der Waals surface area contributed by atoms with Crippen LogP contribution in [0.3, 0.4) is 0 Å². The molecule has 2 N–H and O–H groups in total. The lowest BCUT2D eigenvalue weighted by Crippen LogP contribution is -2.57. The minimum absolute atomic E-state index is 0.00921. The predicted molar refractivity (Wildman–Crippen MR) is 110 cm³/mol. The summed E-state index contributed by atoms with van der Waals surface area (Å²) < 4.78 is 5.52. The van der Waals surface area contributed by atoms with Gasteiger partial charge in [-0.15, -0.1) is 0 Å². The van der Waals surface area contributed by atoms with Gasteiger partial charge in [-0.1, -0.05) is 18.2 Å². The predicted octanol–water partition coefficient (Wildman–Crippen LogP) is 2.03. The molecule has 1 aromatic heterocycles. The molecule has 7 heteroatoms. The monoisotopic (exact) mass is 398 g/mol. The number of carbonyl (C=O) groups is 1. The van der Waals surface area contributed by atoms with Crippen molar-refractivity contribution in [1.29, 1.82) is 0 Å². The number of nitrogens with zero attached hydrogens (tertiary/aromatic N) is 3. The van der Waals surface area contributed by atoms with Gasteiger partial charge in [0.15, 0.2) is 5.69 Å². The molecule has 5 rings (SSSR count). The Balaban J connectivity index is 1.27. The van der Waals surface area contributed by atoms with Gasteiger partial charge in [0, 0.05) is 50.8 Å². The van der Waals surface area contributed by atoms with E-state index in [0.29, 0.717) is 11.7 Å². The van der Waals surface area contributed by atoms with E-state index in [1.54, 1.807) is 0 Å². The van der Waals surface area contributed by atoms with E-state index in [4.69, 9.17) is 4.74 Å². The second-order valence-electron chi connectivity index (χ2n) is 9.04. The van der Waals surface area contributed by atoms with Crippen LogP contribution in [0.25, 0.3) is 10.9 Å². The number of para-hydroxylation sites is 1. The molecule has 1 unspecified atom stereocenters. The van der Waals surface area contributed by atoms with E-state index in [0.717, 1.165) is 82.4 Å². The molecule has 0 bridgehead atoms. The maximum absolute atomic E-state index is 13.1. The van der Waals surface area contributed by atoms with E-state index < -0.39 is 0 Å².